The third-order valence-corrected chi connectivity index (χ3v) is 5.15. The second kappa shape index (κ2) is 9.62. The van der Waals surface area contributed by atoms with E-state index in [0.717, 1.165) is 12.1 Å². The Morgan fingerprint density at radius 2 is 2.14 bits per heavy atom. The van der Waals surface area contributed by atoms with Gasteiger partial charge in [0.15, 0.2) is 0 Å². The summed E-state index contributed by atoms with van der Waals surface area (Å²) >= 11 is 1.40. The van der Waals surface area contributed by atoms with Gasteiger partial charge in [0.05, 0.1) is 24.5 Å². The van der Waals surface area contributed by atoms with Crippen LogP contribution in [0.15, 0.2) is 23.6 Å². The number of nitrogens with one attached hydrogen (secondary N) is 2. The molecule has 1 amide bonds. The first kappa shape index (κ1) is 21.8. The number of methoxy groups -OCH3 is 1. The highest BCUT2D eigenvalue weighted by Gasteiger charge is 2.21. The summed E-state index contributed by atoms with van der Waals surface area (Å²) in [6, 6.07) is 6.86. The number of anilines is 1. The first-order valence-electron chi connectivity index (χ1n) is 8.26. The van der Waals surface area contributed by atoms with Crippen molar-refractivity contribution >= 4 is 39.2 Å². The number of aryl methyl sites for hydroxylation is 1. The van der Waals surface area contributed by atoms with Crippen LogP contribution in [0.5, 0.6) is 0 Å². The van der Waals surface area contributed by atoms with E-state index in [-0.39, 0.29) is 5.69 Å². The summed E-state index contributed by atoms with van der Waals surface area (Å²) in [5.74, 6) is -1.13. The van der Waals surface area contributed by atoms with Crippen LogP contribution in [0.25, 0.3) is 0 Å². The molecule has 1 atom stereocenters. The lowest BCUT2D eigenvalue weighted by atomic mass is 10.1. The fourth-order valence-electron chi connectivity index (χ4n) is 2.31. The topological polar surface area (TPSA) is 135 Å². The van der Waals surface area contributed by atoms with E-state index >= 15 is 0 Å². The number of aromatic nitrogens is 1. The third kappa shape index (κ3) is 6.91. The molecule has 151 valence electrons. The van der Waals surface area contributed by atoms with E-state index in [9.17, 15) is 18.0 Å². The van der Waals surface area contributed by atoms with Gasteiger partial charge in [0.25, 0.3) is 0 Å². The molecular weight excluding hydrogens is 406 g/mol. The molecule has 2 aromatic rings. The maximum Gasteiger partial charge on any atom is 0.357 e. The van der Waals surface area contributed by atoms with Gasteiger partial charge in [-0.05, 0) is 36.6 Å². The number of thiazole rings is 1. The minimum Gasteiger partial charge on any atom is -0.469 e. The number of hydrogen-bond donors (Lipinski definition) is 3. The smallest absolute Gasteiger partial charge is 0.357 e. The maximum atomic E-state index is 12.1. The van der Waals surface area contributed by atoms with Crippen molar-refractivity contribution in [3.8, 4) is 0 Å². The van der Waals surface area contributed by atoms with Gasteiger partial charge in [-0.25, -0.2) is 4.98 Å². The summed E-state index contributed by atoms with van der Waals surface area (Å²) in [7, 11) is -3.16. The summed E-state index contributed by atoms with van der Waals surface area (Å²) in [4.78, 5) is 27.9. The Labute approximate surface area is 167 Å². The SMILES string of the molecule is CCc1csc(C(Cc2[c]cc(NS(=O)(=O)O)cc2)NC(=O)CC(=O)OC)n1. The highest BCUT2D eigenvalue weighted by atomic mass is 32.2. The normalized spacial score (nSPS) is 12.2. The van der Waals surface area contributed by atoms with Gasteiger partial charge >= 0.3 is 16.3 Å². The predicted octanol–water partition coefficient (Wildman–Crippen LogP) is 1.68. The third-order valence-electron chi connectivity index (χ3n) is 3.65. The molecule has 0 spiro atoms. The Hall–Kier alpha value is -2.50. The van der Waals surface area contributed by atoms with Crippen LogP contribution in [0.4, 0.5) is 5.69 Å². The van der Waals surface area contributed by atoms with Crippen LogP contribution < -0.4 is 10.0 Å². The van der Waals surface area contributed by atoms with Crippen molar-refractivity contribution in [1.29, 1.82) is 0 Å². The molecule has 2 rings (SSSR count). The fraction of sp³-hybridized carbons (Fsp3) is 0.353. The molecule has 9 nitrogen and oxygen atoms in total. The molecule has 0 saturated carbocycles. The zero-order chi connectivity index (χ0) is 20.7. The van der Waals surface area contributed by atoms with Crippen LogP contribution in [-0.2, 0) is 37.5 Å². The van der Waals surface area contributed by atoms with Crippen LogP contribution in [0.1, 0.15) is 35.7 Å². The molecule has 1 heterocycles. The molecule has 1 aromatic carbocycles. The molecule has 11 heteroatoms. The Morgan fingerprint density at radius 3 is 2.68 bits per heavy atom. The van der Waals surface area contributed by atoms with Gasteiger partial charge in [-0.15, -0.1) is 11.3 Å². The molecule has 1 unspecified atom stereocenters. The van der Waals surface area contributed by atoms with Crippen molar-refractivity contribution in [2.45, 2.75) is 32.2 Å². The molecule has 28 heavy (non-hydrogen) atoms. The Kier molecular flexibility index (Phi) is 7.49. The highest BCUT2D eigenvalue weighted by Crippen LogP contribution is 2.23. The minimum absolute atomic E-state index is 0.153. The standard InChI is InChI=1S/C17H20N3O6S2/c1-3-12-10-27-17(18-12)14(19-15(21)9-16(22)26-2)8-11-4-6-13(7-5-11)20-28(23,24)25/h4,6-7,10,14,20H,3,8-9H2,1-2H3,(H,19,21)(H,23,24,25). The van der Waals surface area contributed by atoms with Crippen molar-refractivity contribution in [2.24, 2.45) is 0 Å². The number of esters is 1. The van der Waals surface area contributed by atoms with Crippen molar-refractivity contribution in [2.75, 3.05) is 11.8 Å². The number of benzene rings is 1. The van der Waals surface area contributed by atoms with E-state index in [1.54, 1.807) is 6.07 Å². The molecule has 0 fully saturated rings. The molecule has 0 aliphatic heterocycles. The Balaban J connectivity index is 2.16. The molecule has 1 radical (unpaired) electrons. The van der Waals surface area contributed by atoms with E-state index in [4.69, 9.17) is 4.55 Å². The van der Waals surface area contributed by atoms with Crippen LogP contribution in [0, 0.1) is 6.07 Å². The monoisotopic (exact) mass is 426 g/mol. The summed E-state index contributed by atoms with van der Waals surface area (Å²) < 4.78 is 36.9. The highest BCUT2D eigenvalue weighted by molar-refractivity contribution is 7.87. The second-order valence-corrected chi connectivity index (χ2v) is 7.83. The molecule has 3 N–H and O–H groups in total. The molecule has 0 aliphatic rings. The van der Waals surface area contributed by atoms with Crippen LogP contribution in [-0.4, -0.2) is 36.9 Å². The van der Waals surface area contributed by atoms with Crippen molar-refractivity contribution in [3.05, 3.63) is 45.9 Å². The van der Waals surface area contributed by atoms with Gasteiger partial charge in [-0.3, -0.25) is 18.9 Å². The number of carbonyl (C=O) groups excluding carboxylic acids is 2. The van der Waals surface area contributed by atoms with Gasteiger partial charge in [0, 0.05) is 5.38 Å². The van der Waals surface area contributed by atoms with Crippen molar-refractivity contribution in [3.63, 3.8) is 0 Å². The van der Waals surface area contributed by atoms with Crippen LogP contribution in [0.3, 0.4) is 0 Å². The van der Waals surface area contributed by atoms with Crippen LogP contribution >= 0.6 is 11.3 Å². The van der Waals surface area contributed by atoms with Gasteiger partial charge < -0.3 is 10.1 Å². The largest absolute Gasteiger partial charge is 0.469 e. The lowest BCUT2D eigenvalue weighted by Crippen LogP contribution is -2.31. The van der Waals surface area contributed by atoms with Crippen molar-refractivity contribution < 1.29 is 27.3 Å². The molecular formula is C17H20N3O6S2. The van der Waals surface area contributed by atoms with Crippen molar-refractivity contribution in [1.82, 2.24) is 10.3 Å². The summed E-state index contributed by atoms with van der Waals surface area (Å²) in [5.41, 5.74) is 1.72. The first-order chi connectivity index (χ1) is 13.2. The van der Waals surface area contributed by atoms with Crippen LogP contribution in [0.2, 0.25) is 0 Å². The number of amides is 1. The lowest BCUT2D eigenvalue weighted by molar-refractivity contribution is -0.143. The van der Waals surface area contributed by atoms with E-state index in [2.05, 4.69) is 21.1 Å². The van der Waals surface area contributed by atoms with E-state index in [1.165, 1.54) is 30.6 Å². The number of nitrogens with zero attached hydrogens (tertiary/aromatic N) is 1. The lowest BCUT2D eigenvalue weighted by Gasteiger charge is -2.17. The second-order valence-electron chi connectivity index (χ2n) is 5.79. The zero-order valence-corrected chi connectivity index (χ0v) is 16.9. The summed E-state index contributed by atoms with van der Waals surface area (Å²) in [6.45, 7) is 1.97. The average molecular weight is 426 g/mol. The number of hydrogen-bond acceptors (Lipinski definition) is 7. The van der Waals surface area contributed by atoms with Gasteiger partial charge in [0.1, 0.15) is 11.4 Å². The maximum absolute atomic E-state index is 12.1. The first-order valence-corrected chi connectivity index (χ1v) is 10.6. The fourth-order valence-corrected chi connectivity index (χ4v) is 3.69. The molecule has 0 bridgehead atoms. The van der Waals surface area contributed by atoms with Gasteiger partial charge in [0.2, 0.25) is 5.91 Å². The molecule has 1 aromatic heterocycles. The number of ether oxygens (including phenoxy) is 1. The summed E-state index contributed by atoms with van der Waals surface area (Å²) in [6.07, 6.45) is 0.678. The van der Waals surface area contributed by atoms with Gasteiger partial charge in [-0.1, -0.05) is 13.0 Å². The van der Waals surface area contributed by atoms with E-state index < -0.39 is 34.6 Å². The number of rotatable bonds is 9. The Morgan fingerprint density at radius 1 is 1.39 bits per heavy atom. The molecule has 0 saturated heterocycles. The molecule has 0 aliphatic carbocycles. The predicted molar refractivity (Wildman–Crippen MR) is 103 cm³/mol. The summed E-state index contributed by atoms with van der Waals surface area (Å²) in [5, 5.41) is 5.36. The quantitative estimate of drug-likeness (QED) is 0.315. The number of carbonyl (C=O) groups is 2. The van der Waals surface area contributed by atoms with E-state index in [1.807, 2.05) is 17.0 Å². The van der Waals surface area contributed by atoms with Gasteiger partial charge in [-0.2, -0.15) is 8.42 Å². The average Bonchev–Trinajstić information content (AvgIpc) is 3.10. The van der Waals surface area contributed by atoms with E-state index in [0.29, 0.717) is 17.0 Å². The zero-order valence-electron chi connectivity index (χ0n) is 15.3. The Bertz CT molecular complexity index is 925. The minimum atomic E-state index is -4.37.